The van der Waals surface area contributed by atoms with Gasteiger partial charge in [-0.3, -0.25) is 0 Å². The third kappa shape index (κ3) is 1.94. The third-order valence-electron chi connectivity index (χ3n) is 3.63. The summed E-state index contributed by atoms with van der Waals surface area (Å²) in [6.45, 7) is 1.92. The van der Waals surface area contributed by atoms with Gasteiger partial charge in [-0.1, -0.05) is 5.16 Å². The molecule has 4 nitrogen and oxygen atoms in total. The van der Waals surface area contributed by atoms with Crippen LogP contribution in [0.25, 0.3) is 11.4 Å². The van der Waals surface area contributed by atoms with E-state index in [9.17, 15) is 13.2 Å². The molecule has 0 amide bonds. The van der Waals surface area contributed by atoms with Gasteiger partial charge in [-0.15, -0.1) is 0 Å². The van der Waals surface area contributed by atoms with Crippen molar-refractivity contribution in [2.75, 3.05) is 13.1 Å². The first-order chi connectivity index (χ1) is 9.44. The summed E-state index contributed by atoms with van der Waals surface area (Å²) in [7, 11) is 0. The Labute approximate surface area is 117 Å². The number of aryl methyl sites for hydroxylation is 1. The van der Waals surface area contributed by atoms with E-state index in [2.05, 4.69) is 15.5 Å². The molecule has 3 rings (SSSR count). The molecular formula is C12H12F3N3OS. The van der Waals surface area contributed by atoms with E-state index in [-0.39, 0.29) is 31.2 Å². The summed E-state index contributed by atoms with van der Waals surface area (Å²) in [4.78, 5) is 4.00. The van der Waals surface area contributed by atoms with Crippen LogP contribution in [0.3, 0.4) is 0 Å². The lowest BCUT2D eigenvalue weighted by Crippen LogP contribution is -2.44. The van der Waals surface area contributed by atoms with Gasteiger partial charge in [0.1, 0.15) is 0 Å². The van der Waals surface area contributed by atoms with Crippen molar-refractivity contribution in [3.63, 3.8) is 0 Å². The molecule has 1 atom stereocenters. The van der Waals surface area contributed by atoms with Crippen LogP contribution in [-0.4, -0.2) is 29.4 Å². The number of hydrogen-bond donors (Lipinski definition) is 1. The number of alkyl halides is 3. The van der Waals surface area contributed by atoms with Crippen LogP contribution in [-0.2, 0) is 5.41 Å². The Morgan fingerprint density at radius 3 is 2.75 bits per heavy atom. The van der Waals surface area contributed by atoms with Crippen molar-refractivity contribution in [1.82, 2.24) is 15.5 Å². The average Bonchev–Trinajstić information content (AvgIpc) is 3.06. The van der Waals surface area contributed by atoms with Gasteiger partial charge in [-0.25, -0.2) is 0 Å². The molecule has 0 spiro atoms. The molecule has 2 aromatic rings. The maximum atomic E-state index is 13.4. The van der Waals surface area contributed by atoms with E-state index in [1.165, 1.54) is 11.3 Å². The second kappa shape index (κ2) is 4.56. The zero-order valence-corrected chi connectivity index (χ0v) is 11.4. The van der Waals surface area contributed by atoms with Crippen LogP contribution < -0.4 is 5.32 Å². The average molecular weight is 303 g/mol. The molecule has 20 heavy (non-hydrogen) atoms. The third-order valence-corrected chi connectivity index (χ3v) is 4.49. The van der Waals surface area contributed by atoms with Gasteiger partial charge in [0.2, 0.25) is 11.7 Å². The summed E-state index contributed by atoms with van der Waals surface area (Å²) >= 11 is 1.45. The zero-order valence-electron chi connectivity index (χ0n) is 10.6. The molecule has 1 N–H and O–H groups in total. The Hall–Kier alpha value is -1.41. The fourth-order valence-corrected chi connectivity index (χ4v) is 3.18. The highest BCUT2D eigenvalue weighted by Crippen LogP contribution is 2.45. The number of nitrogens with zero attached hydrogens (tertiary/aromatic N) is 2. The molecule has 0 aromatic carbocycles. The van der Waals surface area contributed by atoms with Crippen LogP contribution in [0.4, 0.5) is 13.2 Å². The summed E-state index contributed by atoms with van der Waals surface area (Å²) in [5, 5.41) is 10.1. The van der Waals surface area contributed by atoms with Crippen LogP contribution in [0.5, 0.6) is 0 Å². The van der Waals surface area contributed by atoms with E-state index in [0.717, 1.165) is 5.56 Å². The first kappa shape index (κ1) is 13.6. The second-order valence-corrected chi connectivity index (χ2v) is 5.64. The molecule has 108 valence electrons. The SMILES string of the molecule is Cc1cscc1-c1noc(C2(C(F)(F)F)CCNC2)n1. The molecule has 1 fully saturated rings. The Bertz CT molecular complexity index is 613. The first-order valence-corrected chi connectivity index (χ1v) is 7.03. The van der Waals surface area contributed by atoms with E-state index < -0.39 is 11.6 Å². The van der Waals surface area contributed by atoms with Crippen molar-refractivity contribution >= 4 is 11.3 Å². The van der Waals surface area contributed by atoms with Gasteiger partial charge in [-0.2, -0.15) is 29.5 Å². The second-order valence-electron chi connectivity index (χ2n) is 4.90. The minimum absolute atomic E-state index is 0.0826. The predicted molar refractivity (Wildman–Crippen MR) is 67.6 cm³/mol. The molecule has 1 aliphatic rings. The number of aromatic nitrogens is 2. The van der Waals surface area contributed by atoms with Crippen LogP contribution in [0.2, 0.25) is 0 Å². The topological polar surface area (TPSA) is 51.0 Å². The van der Waals surface area contributed by atoms with E-state index in [1.807, 2.05) is 12.3 Å². The van der Waals surface area contributed by atoms with Crippen molar-refractivity contribution < 1.29 is 17.7 Å². The van der Waals surface area contributed by atoms with E-state index in [4.69, 9.17) is 4.52 Å². The number of hydrogen-bond acceptors (Lipinski definition) is 5. The quantitative estimate of drug-likeness (QED) is 0.927. The highest BCUT2D eigenvalue weighted by Gasteiger charge is 2.61. The number of thiophene rings is 1. The zero-order chi connectivity index (χ0) is 14.4. The van der Waals surface area contributed by atoms with Crippen molar-refractivity contribution in [3.05, 3.63) is 22.2 Å². The normalized spacial score (nSPS) is 23.4. The van der Waals surface area contributed by atoms with E-state index in [1.54, 1.807) is 5.38 Å². The van der Waals surface area contributed by atoms with Crippen molar-refractivity contribution in [3.8, 4) is 11.4 Å². The lowest BCUT2D eigenvalue weighted by atomic mass is 9.86. The molecular weight excluding hydrogens is 291 g/mol. The Balaban J connectivity index is 2.03. The summed E-state index contributed by atoms with van der Waals surface area (Å²) in [6.07, 6.45) is -4.50. The fourth-order valence-electron chi connectivity index (χ4n) is 2.35. The largest absolute Gasteiger partial charge is 0.404 e. The predicted octanol–water partition coefficient (Wildman–Crippen LogP) is 2.90. The van der Waals surface area contributed by atoms with E-state index >= 15 is 0 Å². The molecule has 1 saturated heterocycles. The monoisotopic (exact) mass is 303 g/mol. The molecule has 0 saturated carbocycles. The van der Waals surface area contributed by atoms with Gasteiger partial charge in [-0.05, 0) is 30.8 Å². The molecule has 1 unspecified atom stereocenters. The minimum Gasteiger partial charge on any atom is -0.338 e. The number of rotatable bonds is 2. The lowest BCUT2D eigenvalue weighted by Gasteiger charge is -2.26. The highest BCUT2D eigenvalue weighted by molar-refractivity contribution is 7.08. The lowest BCUT2D eigenvalue weighted by molar-refractivity contribution is -0.191. The van der Waals surface area contributed by atoms with E-state index in [0.29, 0.717) is 5.56 Å². The van der Waals surface area contributed by atoms with Crippen molar-refractivity contribution in [2.24, 2.45) is 0 Å². The van der Waals surface area contributed by atoms with Gasteiger partial charge in [0.05, 0.1) is 0 Å². The number of halogens is 3. The molecule has 3 heterocycles. The maximum Gasteiger partial charge on any atom is 0.404 e. The van der Waals surface area contributed by atoms with Crippen LogP contribution in [0, 0.1) is 6.92 Å². The first-order valence-electron chi connectivity index (χ1n) is 6.09. The molecule has 1 aliphatic heterocycles. The Morgan fingerprint density at radius 1 is 1.40 bits per heavy atom. The Morgan fingerprint density at radius 2 is 2.20 bits per heavy atom. The van der Waals surface area contributed by atoms with Gasteiger partial charge in [0.25, 0.3) is 0 Å². The van der Waals surface area contributed by atoms with Gasteiger partial charge < -0.3 is 9.84 Å². The highest BCUT2D eigenvalue weighted by atomic mass is 32.1. The Kier molecular flexibility index (Phi) is 3.09. The molecule has 0 bridgehead atoms. The molecule has 8 heteroatoms. The molecule has 2 aromatic heterocycles. The summed E-state index contributed by atoms with van der Waals surface area (Å²) in [5.41, 5.74) is -0.427. The molecule has 0 aliphatic carbocycles. The van der Waals surface area contributed by atoms with Crippen LogP contribution in [0.1, 0.15) is 17.9 Å². The van der Waals surface area contributed by atoms with Gasteiger partial charge in [0.15, 0.2) is 5.41 Å². The smallest absolute Gasteiger partial charge is 0.338 e. The molecule has 0 radical (unpaired) electrons. The number of nitrogens with one attached hydrogen (secondary N) is 1. The van der Waals surface area contributed by atoms with Crippen molar-refractivity contribution in [1.29, 1.82) is 0 Å². The van der Waals surface area contributed by atoms with Crippen molar-refractivity contribution in [2.45, 2.75) is 24.9 Å². The summed E-state index contributed by atoms with van der Waals surface area (Å²) in [6, 6.07) is 0. The van der Waals surface area contributed by atoms with Crippen LogP contribution >= 0.6 is 11.3 Å². The van der Waals surface area contributed by atoms with Gasteiger partial charge in [0, 0.05) is 17.5 Å². The summed E-state index contributed by atoms with van der Waals surface area (Å²) < 4.78 is 45.0. The maximum absolute atomic E-state index is 13.4. The van der Waals surface area contributed by atoms with Crippen LogP contribution in [0.15, 0.2) is 15.3 Å². The standard InChI is InChI=1S/C12H12F3N3OS/c1-7-4-20-5-8(7)9-17-10(19-18-9)11(12(13,14)15)2-3-16-6-11/h4-5,16H,2-3,6H2,1H3. The minimum atomic E-state index is -4.41. The summed E-state index contributed by atoms with van der Waals surface area (Å²) in [5.74, 6) is -0.134. The fraction of sp³-hybridized carbons (Fsp3) is 0.500. The van der Waals surface area contributed by atoms with Gasteiger partial charge >= 0.3 is 6.18 Å².